The first-order chi connectivity index (χ1) is 8.11. The molecule has 18 heavy (non-hydrogen) atoms. The van der Waals surface area contributed by atoms with E-state index in [1.807, 2.05) is 0 Å². The van der Waals surface area contributed by atoms with E-state index in [0.717, 1.165) is 19.3 Å². The largest absolute Gasteiger partial charge is 0.351 e. The van der Waals surface area contributed by atoms with Gasteiger partial charge in [-0.25, -0.2) is 0 Å². The smallest absolute Gasteiger partial charge is 0.224 e. The number of likely N-dealkylation sites (tertiary alicyclic amines) is 1. The molecule has 5 nitrogen and oxygen atoms in total. The highest BCUT2D eigenvalue weighted by Gasteiger charge is 2.35. The predicted molar refractivity (Wildman–Crippen MR) is 71.3 cm³/mol. The molecule has 2 amide bonds. The topological polar surface area (TPSA) is 75.4 Å². The second kappa shape index (κ2) is 6.38. The zero-order valence-electron chi connectivity index (χ0n) is 10.7. The Kier molecular flexibility index (Phi) is 5.41. The number of halogens is 1. The Morgan fingerprint density at radius 2 is 2.22 bits per heavy atom. The number of rotatable bonds is 3. The summed E-state index contributed by atoms with van der Waals surface area (Å²) < 4.78 is 0. The molecule has 0 spiro atoms. The predicted octanol–water partition coefficient (Wildman–Crippen LogP) is 0.130. The van der Waals surface area contributed by atoms with E-state index in [9.17, 15) is 9.59 Å². The Hall–Kier alpha value is -0.810. The molecule has 0 aromatic rings. The summed E-state index contributed by atoms with van der Waals surface area (Å²) in [6.45, 7) is 1.21. The summed E-state index contributed by atoms with van der Waals surface area (Å²) in [6, 6.07) is -0.0148. The van der Waals surface area contributed by atoms with Gasteiger partial charge in [0.1, 0.15) is 0 Å². The van der Waals surface area contributed by atoms with Gasteiger partial charge in [-0.3, -0.25) is 9.59 Å². The molecule has 0 bridgehead atoms. The number of hydrogen-bond acceptors (Lipinski definition) is 3. The third-order valence-electron chi connectivity index (χ3n) is 3.99. The van der Waals surface area contributed by atoms with E-state index >= 15 is 0 Å². The van der Waals surface area contributed by atoms with Crippen LogP contribution in [0.4, 0.5) is 0 Å². The zero-order valence-corrected chi connectivity index (χ0v) is 11.5. The lowest BCUT2D eigenvalue weighted by atomic mass is 9.95. The van der Waals surface area contributed by atoms with Crippen LogP contribution in [-0.4, -0.2) is 42.9 Å². The average molecular weight is 276 g/mol. The number of nitrogens with two attached hydrogens (primary N) is 1. The first kappa shape index (κ1) is 15.2. The van der Waals surface area contributed by atoms with Crippen molar-refractivity contribution in [2.24, 2.45) is 17.6 Å². The Morgan fingerprint density at radius 3 is 2.78 bits per heavy atom. The van der Waals surface area contributed by atoms with Crippen molar-refractivity contribution < 1.29 is 9.59 Å². The van der Waals surface area contributed by atoms with Crippen molar-refractivity contribution in [3.63, 3.8) is 0 Å². The molecule has 1 aliphatic carbocycles. The van der Waals surface area contributed by atoms with Gasteiger partial charge in [0.15, 0.2) is 0 Å². The molecule has 2 rings (SSSR count). The third kappa shape index (κ3) is 3.14. The van der Waals surface area contributed by atoms with Crippen molar-refractivity contribution in [3.05, 3.63) is 0 Å². The maximum Gasteiger partial charge on any atom is 0.224 e. The van der Waals surface area contributed by atoms with E-state index in [-0.39, 0.29) is 36.2 Å². The molecule has 1 unspecified atom stereocenters. The molecule has 0 aromatic carbocycles. The lowest BCUT2D eigenvalue weighted by Gasteiger charge is -2.20. The summed E-state index contributed by atoms with van der Waals surface area (Å²) in [4.78, 5) is 25.1. The summed E-state index contributed by atoms with van der Waals surface area (Å²) in [5.41, 5.74) is 5.67. The molecule has 6 heteroatoms. The van der Waals surface area contributed by atoms with Crippen molar-refractivity contribution >= 4 is 24.2 Å². The van der Waals surface area contributed by atoms with Crippen molar-refractivity contribution in [1.29, 1.82) is 0 Å². The normalized spacial score (nSPS) is 31.3. The molecule has 1 aliphatic heterocycles. The van der Waals surface area contributed by atoms with Gasteiger partial charge in [0, 0.05) is 25.9 Å². The number of carbonyl (C=O) groups is 2. The number of likely N-dealkylation sites (N-methyl/N-ethyl adjacent to an activating group) is 1. The molecule has 104 valence electrons. The van der Waals surface area contributed by atoms with Crippen molar-refractivity contribution in [2.75, 3.05) is 20.1 Å². The second-order valence-corrected chi connectivity index (χ2v) is 5.22. The third-order valence-corrected chi connectivity index (χ3v) is 3.99. The number of nitrogens with one attached hydrogen (secondary N) is 1. The molecule has 3 atom stereocenters. The van der Waals surface area contributed by atoms with Crippen molar-refractivity contribution in [2.45, 2.75) is 31.7 Å². The number of nitrogens with zero attached hydrogens (tertiary/aromatic N) is 1. The van der Waals surface area contributed by atoms with Crippen LogP contribution in [0.3, 0.4) is 0 Å². The highest BCUT2D eigenvalue weighted by atomic mass is 35.5. The summed E-state index contributed by atoms with van der Waals surface area (Å²) >= 11 is 0. The summed E-state index contributed by atoms with van der Waals surface area (Å²) in [7, 11) is 1.77. The van der Waals surface area contributed by atoms with Gasteiger partial charge in [-0.05, 0) is 25.3 Å². The number of carbonyl (C=O) groups excluding carboxylic acids is 2. The van der Waals surface area contributed by atoms with Crippen LogP contribution in [0.5, 0.6) is 0 Å². The van der Waals surface area contributed by atoms with Crippen LogP contribution in [0.25, 0.3) is 0 Å². The van der Waals surface area contributed by atoms with Crippen LogP contribution < -0.4 is 11.1 Å². The van der Waals surface area contributed by atoms with E-state index in [1.165, 1.54) is 0 Å². The highest BCUT2D eigenvalue weighted by Crippen LogP contribution is 2.31. The Balaban J connectivity index is 0.00000162. The van der Waals surface area contributed by atoms with E-state index in [4.69, 9.17) is 5.73 Å². The minimum absolute atomic E-state index is 0. The van der Waals surface area contributed by atoms with Gasteiger partial charge < -0.3 is 16.0 Å². The summed E-state index contributed by atoms with van der Waals surface area (Å²) in [5.74, 6) is 0.578. The van der Waals surface area contributed by atoms with Gasteiger partial charge >= 0.3 is 0 Å². The average Bonchev–Trinajstić information content (AvgIpc) is 2.86. The van der Waals surface area contributed by atoms with Gasteiger partial charge in [-0.15, -0.1) is 12.4 Å². The quantitative estimate of drug-likeness (QED) is 0.769. The van der Waals surface area contributed by atoms with E-state index in [0.29, 0.717) is 25.4 Å². The first-order valence-electron chi connectivity index (χ1n) is 6.36. The van der Waals surface area contributed by atoms with Gasteiger partial charge in [0.05, 0.1) is 6.04 Å². The van der Waals surface area contributed by atoms with E-state index in [1.54, 1.807) is 11.9 Å². The molecule has 1 heterocycles. The van der Waals surface area contributed by atoms with Gasteiger partial charge in [0.2, 0.25) is 11.8 Å². The fourth-order valence-corrected chi connectivity index (χ4v) is 2.93. The van der Waals surface area contributed by atoms with Crippen molar-refractivity contribution in [3.8, 4) is 0 Å². The second-order valence-electron chi connectivity index (χ2n) is 5.22. The van der Waals surface area contributed by atoms with Gasteiger partial charge in [-0.1, -0.05) is 6.42 Å². The number of hydrogen-bond donors (Lipinski definition) is 2. The molecular weight excluding hydrogens is 254 g/mol. The van der Waals surface area contributed by atoms with Crippen molar-refractivity contribution in [1.82, 2.24) is 10.2 Å². The van der Waals surface area contributed by atoms with Crippen LogP contribution in [0, 0.1) is 11.8 Å². The van der Waals surface area contributed by atoms with Gasteiger partial charge in [-0.2, -0.15) is 0 Å². The lowest BCUT2D eigenvalue weighted by molar-refractivity contribution is -0.126. The monoisotopic (exact) mass is 275 g/mol. The minimum Gasteiger partial charge on any atom is -0.351 e. The standard InChI is InChI=1S/C12H21N3O2.ClH/c1-15-7-9(5-11(15)16)14-12(17)10-4-2-3-8(10)6-13;/h8-10H,2-7,13H2,1H3,(H,14,17);1H/t8-,9?,10-;/m1./s1. The molecule has 0 radical (unpaired) electrons. The lowest BCUT2D eigenvalue weighted by Crippen LogP contribution is -2.42. The molecular formula is C12H22ClN3O2. The highest BCUT2D eigenvalue weighted by molar-refractivity contribution is 5.85. The van der Waals surface area contributed by atoms with E-state index in [2.05, 4.69) is 5.32 Å². The Labute approximate surface area is 114 Å². The Morgan fingerprint density at radius 1 is 1.50 bits per heavy atom. The van der Waals surface area contributed by atoms with Crippen LogP contribution in [-0.2, 0) is 9.59 Å². The zero-order chi connectivity index (χ0) is 12.4. The molecule has 1 saturated heterocycles. The number of amides is 2. The van der Waals surface area contributed by atoms with Gasteiger partial charge in [0.25, 0.3) is 0 Å². The fraction of sp³-hybridized carbons (Fsp3) is 0.833. The SMILES string of the molecule is CN1CC(NC(=O)[C@@H]2CCC[C@@H]2CN)CC1=O.Cl. The Bertz CT molecular complexity index is 324. The first-order valence-corrected chi connectivity index (χ1v) is 6.36. The molecule has 2 aliphatic rings. The maximum atomic E-state index is 12.1. The minimum atomic E-state index is -0.0148. The molecule has 2 fully saturated rings. The summed E-state index contributed by atoms with van der Waals surface area (Å²) in [6.07, 6.45) is 3.51. The molecule has 3 N–H and O–H groups in total. The van der Waals surface area contributed by atoms with Crippen LogP contribution >= 0.6 is 12.4 Å². The van der Waals surface area contributed by atoms with Crippen LogP contribution in [0.1, 0.15) is 25.7 Å². The van der Waals surface area contributed by atoms with E-state index < -0.39 is 0 Å². The van der Waals surface area contributed by atoms with Crippen LogP contribution in [0.15, 0.2) is 0 Å². The molecule has 0 aromatic heterocycles. The molecule has 1 saturated carbocycles. The fourth-order valence-electron chi connectivity index (χ4n) is 2.93. The summed E-state index contributed by atoms with van der Waals surface area (Å²) in [5, 5.41) is 2.99. The van der Waals surface area contributed by atoms with Crippen LogP contribution in [0.2, 0.25) is 0 Å². The maximum absolute atomic E-state index is 12.1.